The summed E-state index contributed by atoms with van der Waals surface area (Å²) < 4.78 is 43.1. The smallest absolute Gasteiger partial charge is 0.445 e. The third-order valence-corrected chi connectivity index (χ3v) is 2.64. The average molecular weight is 264 g/mol. The van der Waals surface area contributed by atoms with Crippen LogP contribution in [0.1, 0.15) is 27.7 Å². The zero-order valence-electron chi connectivity index (χ0n) is 11.0. The molecule has 0 aromatic carbocycles. The van der Waals surface area contributed by atoms with Crippen LogP contribution in [0.15, 0.2) is 11.5 Å². The van der Waals surface area contributed by atoms with E-state index in [0.717, 1.165) is 6.08 Å². The van der Waals surface area contributed by atoms with Gasteiger partial charge in [0.1, 0.15) is 5.60 Å². The summed E-state index contributed by atoms with van der Waals surface area (Å²) in [7, 11) is 0. The van der Waals surface area contributed by atoms with E-state index in [4.69, 9.17) is 4.74 Å². The van der Waals surface area contributed by atoms with Gasteiger partial charge in [-0.25, -0.2) is 4.79 Å². The molecule has 0 aromatic heterocycles. The molecule has 1 atom stereocenters. The Morgan fingerprint density at radius 2 is 2.00 bits per heavy atom. The van der Waals surface area contributed by atoms with Gasteiger partial charge < -0.3 is 22.6 Å². The molecule has 1 rings (SSSR count). The highest BCUT2D eigenvalue weighted by atomic mass is 19.4. The van der Waals surface area contributed by atoms with Crippen molar-refractivity contribution in [2.45, 2.75) is 33.3 Å². The maximum absolute atomic E-state index is 12.7. The van der Waals surface area contributed by atoms with E-state index in [9.17, 15) is 17.7 Å². The summed E-state index contributed by atoms with van der Waals surface area (Å²) >= 11 is 0. The number of halogens is 3. The number of carbonyl (C=O) groups excluding carboxylic acids is 1. The second-order valence-corrected chi connectivity index (χ2v) is 5.57. The molecule has 1 heterocycles. The van der Waals surface area contributed by atoms with Gasteiger partial charge in [0.15, 0.2) is 0 Å². The summed E-state index contributed by atoms with van der Waals surface area (Å²) in [6.07, 6.45) is 0.511. The van der Waals surface area contributed by atoms with E-state index >= 15 is 0 Å². The second-order valence-electron chi connectivity index (χ2n) is 5.57. The van der Waals surface area contributed by atoms with Crippen molar-refractivity contribution in [1.29, 1.82) is 0 Å². The Bertz CT molecular complexity index is 360. The van der Waals surface area contributed by atoms with Crippen LogP contribution in [0.25, 0.3) is 0 Å². The summed E-state index contributed by atoms with van der Waals surface area (Å²) in [5, 5.41) is 0. The summed E-state index contributed by atoms with van der Waals surface area (Å²) in [6, 6.07) is 0. The van der Waals surface area contributed by atoms with Gasteiger partial charge in [0, 0.05) is 13.1 Å². The summed E-state index contributed by atoms with van der Waals surface area (Å²) in [4.78, 5) is 13.0. The number of hydrogen-bond donors (Lipinski definition) is 0. The molecule has 0 aromatic rings. The van der Waals surface area contributed by atoms with Gasteiger partial charge in [-0.15, -0.1) is 5.47 Å². The molecule has 7 heteroatoms. The predicted molar refractivity (Wildman–Crippen MR) is 64.1 cm³/mol. The first-order valence-electron chi connectivity index (χ1n) is 5.88. The maximum Gasteiger partial charge on any atom is 0.505 e. The number of amides is 1. The highest BCUT2D eigenvalue weighted by Crippen LogP contribution is 2.30. The molecule has 0 saturated heterocycles. The fourth-order valence-electron chi connectivity index (χ4n) is 1.86. The molecule has 0 bridgehead atoms. The second kappa shape index (κ2) is 4.86. The Kier molecular flexibility index (Phi) is 4.03. The first-order valence-corrected chi connectivity index (χ1v) is 5.88. The topological polar surface area (TPSA) is 29.5 Å². The first-order chi connectivity index (χ1) is 8.00. The quantitative estimate of drug-likeness (QED) is 0.680. The Morgan fingerprint density at radius 1 is 1.44 bits per heavy atom. The van der Waals surface area contributed by atoms with Crippen LogP contribution in [0, 0.1) is 5.92 Å². The normalized spacial score (nSPS) is 21.6. The van der Waals surface area contributed by atoms with Crippen molar-refractivity contribution in [3.63, 3.8) is 0 Å². The van der Waals surface area contributed by atoms with Gasteiger partial charge in [-0.3, -0.25) is 0 Å². The molecule has 0 N–H and O–H groups in total. The van der Waals surface area contributed by atoms with Gasteiger partial charge in [0.2, 0.25) is 0 Å². The SMILES string of the molecule is CC1CN(C(=O)OC(C)(C)C)CC=C1[B-](F)(F)F. The van der Waals surface area contributed by atoms with E-state index in [1.165, 1.54) is 11.8 Å². The first kappa shape index (κ1) is 14.9. The van der Waals surface area contributed by atoms with Gasteiger partial charge >= 0.3 is 13.1 Å². The highest BCUT2D eigenvalue weighted by Gasteiger charge is 2.35. The van der Waals surface area contributed by atoms with Crippen LogP contribution in [0.5, 0.6) is 0 Å². The van der Waals surface area contributed by atoms with E-state index in [1.807, 2.05) is 0 Å². The predicted octanol–water partition coefficient (Wildman–Crippen LogP) is 3.19. The fraction of sp³-hybridized carbons (Fsp3) is 0.727. The molecule has 3 nitrogen and oxygen atoms in total. The Hall–Kier alpha value is -1.14. The van der Waals surface area contributed by atoms with Crippen molar-refractivity contribution < 1.29 is 22.5 Å². The van der Waals surface area contributed by atoms with Crippen LogP contribution in [-0.4, -0.2) is 36.7 Å². The monoisotopic (exact) mass is 264 g/mol. The highest BCUT2D eigenvalue weighted by molar-refractivity contribution is 6.66. The van der Waals surface area contributed by atoms with Gasteiger partial charge in [0.05, 0.1) is 0 Å². The van der Waals surface area contributed by atoms with Crippen molar-refractivity contribution >= 4 is 13.1 Å². The molecule has 1 unspecified atom stereocenters. The van der Waals surface area contributed by atoms with Crippen LogP contribution in [0.3, 0.4) is 0 Å². The number of nitrogens with zero attached hydrogens (tertiary/aromatic N) is 1. The van der Waals surface area contributed by atoms with Crippen LogP contribution >= 0.6 is 0 Å². The zero-order chi connectivity index (χ0) is 14.1. The number of carbonyl (C=O) groups is 1. The number of hydrogen-bond acceptors (Lipinski definition) is 2. The Balaban J connectivity index is 2.72. The lowest BCUT2D eigenvalue weighted by Crippen LogP contribution is -2.44. The van der Waals surface area contributed by atoms with Crippen molar-refractivity contribution in [3.05, 3.63) is 11.5 Å². The van der Waals surface area contributed by atoms with Gasteiger partial charge in [-0.2, -0.15) is 0 Å². The minimum atomic E-state index is -4.96. The van der Waals surface area contributed by atoms with Crippen molar-refractivity contribution in [2.24, 2.45) is 5.92 Å². The summed E-state index contributed by atoms with van der Waals surface area (Å²) in [6.45, 7) is 1.67. The lowest BCUT2D eigenvalue weighted by atomic mass is 9.70. The van der Waals surface area contributed by atoms with Gasteiger partial charge in [-0.05, 0) is 26.7 Å². The Morgan fingerprint density at radius 3 is 2.39 bits per heavy atom. The van der Waals surface area contributed by atoms with E-state index in [1.54, 1.807) is 20.8 Å². The number of ether oxygens (including phenoxy) is 1. The molecule has 1 aliphatic heterocycles. The minimum Gasteiger partial charge on any atom is -0.445 e. The molecular weight excluding hydrogens is 246 g/mol. The molecule has 0 saturated carbocycles. The molecule has 0 aliphatic carbocycles. The largest absolute Gasteiger partial charge is 0.505 e. The van der Waals surface area contributed by atoms with Crippen molar-refractivity contribution in [2.75, 3.05) is 13.1 Å². The van der Waals surface area contributed by atoms with Crippen LogP contribution < -0.4 is 0 Å². The van der Waals surface area contributed by atoms with E-state index in [-0.39, 0.29) is 13.1 Å². The summed E-state index contributed by atoms with van der Waals surface area (Å²) in [5.41, 5.74) is -1.15. The number of rotatable bonds is 1. The minimum absolute atomic E-state index is 0.0437. The van der Waals surface area contributed by atoms with E-state index in [0.29, 0.717) is 0 Å². The van der Waals surface area contributed by atoms with Crippen molar-refractivity contribution in [1.82, 2.24) is 4.90 Å². The van der Waals surface area contributed by atoms with Gasteiger partial charge in [0.25, 0.3) is 0 Å². The maximum atomic E-state index is 12.7. The molecule has 0 fully saturated rings. The van der Waals surface area contributed by atoms with Crippen LogP contribution in [0.4, 0.5) is 17.7 Å². The molecular formula is C11H18BF3NO2-. The lowest BCUT2D eigenvalue weighted by molar-refractivity contribution is 0.0244. The average Bonchev–Trinajstić information content (AvgIpc) is 2.12. The zero-order valence-corrected chi connectivity index (χ0v) is 11.0. The molecule has 18 heavy (non-hydrogen) atoms. The standard InChI is InChI=1S/C11H18BF3NO2/c1-8-7-16(10(17)18-11(2,3)4)6-5-9(8)12(13,14)15/h5,8H,6-7H2,1-4H3/q-1. The molecule has 1 amide bonds. The Labute approximate surface area is 105 Å². The fourth-order valence-corrected chi connectivity index (χ4v) is 1.86. The third kappa shape index (κ3) is 3.96. The summed E-state index contributed by atoms with van der Waals surface area (Å²) in [5.74, 6) is -0.703. The van der Waals surface area contributed by atoms with Crippen molar-refractivity contribution in [3.8, 4) is 0 Å². The molecule has 104 valence electrons. The van der Waals surface area contributed by atoms with Gasteiger partial charge in [-0.1, -0.05) is 13.0 Å². The van der Waals surface area contributed by atoms with E-state index < -0.39 is 30.1 Å². The molecule has 0 radical (unpaired) electrons. The molecule has 0 spiro atoms. The van der Waals surface area contributed by atoms with E-state index in [2.05, 4.69) is 0 Å². The van der Waals surface area contributed by atoms with Crippen LogP contribution in [-0.2, 0) is 4.74 Å². The lowest BCUT2D eigenvalue weighted by Gasteiger charge is -2.36. The molecule has 1 aliphatic rings. The van der Waals surface area contributed by atoms with Crippen LogP contribution in [0.2, 0.25) is 0 Å². The third-order valence-electron chi connectivity index (χ3n) is 2.64.